The first-order valence-electron chi connectivity index (χ1n) is 4.82. The van der Waals surface area contributed by atoms with E-state index >= 15 is 0 Å². The quantitative estimate of drug-likeness (QED) is 0.872. The van der Waals surface area contributed by atoms with Crippen molar-refractivity contribution in [3.05, 3.63) is 35.9 Å². The molecule has 1 aromatic carbocycles. The van der Waals surface area contributed by atoms with Gasteiger partial charge in [0.1, 0.15) is 0 Å². The maximum absolute atomic E-state index is 11.8. The second-order valence-corrected chi connectivity index (χ2v) is 4.45. The minimum Gasteiger partial charge on any atom is -0.343 e. The van der Waals surface area contributed by atoms with E-state index < -0.39 is 0 Å². The Bertz CT molecular complexity index is 383. The molecule has 0 bridgehead atoms. The fourth-order valence-corrected chi connectivity index (χ4v) is 2.33. The molecule has 0 spiro atoms. The molecule has 0 saturated carbocycles. The summed E-state index contributed by atoms with van der Waals surface area (Å²) in [5.74, 6) is 1.00. The van der Waals surface area contributed by atoms with Gasteiger partial charge in [0.2, 0.25) is 0 Å². The van der Waals surface area contributed by atoms with Gasteiger partial charge < -0.3 is 4.90 Å². The van der Waals surface area contributed by atoms with Crippen molar-refractivity contribution < 1.29 is 4.79 Å². The third-order valence-electron chi connectivity index (χ3n) is 2.32. The molecule has 0 amide bonds. The van der Waals surface area contributed by atoms with E-state index in [1.165, 1.54) is 11.8 Å². The van der Waals surface area contributed by atoms with Gasteiger partial charge in [-0.15, -0.1) is 17.0 Å². The van der Waals surface area contributed by atoms with E-state index in [9.17, 15) is 4.79 Å². The van der Waals surface area contributed by atoms with E-state index in [0.717, 1.165) is 17.9 Å². The van der Waals surface area contributed by atoms with Crippen LogP contribution >= 0.6 is 28.7 Å². The molecule has 1 fully saturated rings. The van der Waals surface area contributed by atoms with Crippen LogP contribution in [-0.2, 0) is 0 Å². The number of nitrogens with zero attached hydrogens (tertiary/aromatic N) is 1. The average molecular weight is 301 g/mol. The topological polar surface area (TPSA) is 44.2 Å². The maximum Gasteiger partial charge on any atom is 0.182 e. The average Bonchev–Trinajstić information content (AvgIpc) is 2.66. The summed E-state index contributed by atoms with van der Waals surface area (Å²) in [6, 6.07) is 9.24. The second kappa shape index (κ2) is 6.06. The number of carbonyl (C=O) groups is 1. The van der Waals surface area contributed by atoms with Crippen LogP contribution in [0, 0.1) is 5.41 Å². The number of amidine groups is 1. The van der Waals surface area contributed by atoms with Gasteiger partial charge in [0.05, 0.1) is 6.54 Å². The van der Waals surface area contributed by atoms with Crippen LogP contribution in [0.4, 0.5) is 0 Å². The number of ketones is 1. The van der Waals surface area contributed by atoms with Crippen molar-refractivity contribution in [2.45, 2.75) is 0 Å². The summed E-state index contributed by atoms with van der Waals surface area (Å²) in [6.45, 7) is 1.14. The Balaban J connectivity index is 0.00000128. The van der Waals surface area contributed by atoms with Gasteiger partial charge in [-0.25, -0.2) is 0 Å². The SMILES string of the molecule is Br.N=C1SCCN1CC(=O)c1ccccc1. The van der Waals surface area contributed by atoms with Gasteiger partial charge in [0.15, 0.2) is 11.0 Å². The second-order valence-electron chi connectivity index (χ2n) is 3.36. The van der Waals surface area contributed by atoms with Gasteiger partial charge in [-0.1, -0.05) is 42.1 Å². The van der Waals surface area contributed by atoms with E-state index in [0.29, 0.717) is 11.7 Å². The van der Waals surface area contributed by atoms with E-state index in [2.05, 4.69) is 0 Å². The highest BCUT2D eigenvalue weighted by molar-refractivity contribution is 8.93. The number of hydrogen-bond acceptors (Lipinski definition) is 3. The summed E-state index contributed by atoms with van der Waals surface area (Å²) in [6.07, 6.45) is 0. The van der Waals surface area contributed by atoms with Gasteiger partial charge in [-0.2, -0.15) is 0 Å². The number of nitrogens with one attached hydrogen (secondary N) is 1. The minimum absolute atomic E-state index is 0. The number of Topliss-reactive ketones (excluding diaryl/α,β-unsaturated/α-hetero) is 1. The first kappa shape index (κ1) is 13.3. The number of thioether (sulfide) groups is 1. The van der Waals surface area contributed by atoms with Gasteiger partial charge >= 0.3 is 0 Å². The first-order chi connectivity index (χ1) is 7.27. The number of rotatable bonds is 3. The highest BCUT2D eigenvalue weighted by atomic mass is 79.9. The zero-order chi connectivity index (χ0) is 10.7. The smallest absolute Gasteiger partial charge is 0.182 e. The first-order valence-corrected chi connectivity index (χ1v) is 5.80. The lowest BCUT2D eigenvalue weighted by molar-refractivity contribution is 0.0966. The van der Waals surface area contributed by atoms with E-state index in [-0.39, 0.29) is 22.8 Å². The van der Waals surface area contributed by atoms with Crippen LogP contribution in [0.5, 0.6) is 0 Å². The van der Waals surface area contributed by atoms with Crippen LogP contribution in [0.15, 0.2) is 30.3 Å². The molecule has 0 unspecified atom stereocenters. The van der Waals surface area contributed by atoms with Crippen molar-refractivity contribution in [1.82, 2.24) is 4.90 Å². The van der Waals surface area contributed by atoms with Crippen LogP contribution in [0.1, 0.15) is 10.4 Å². The van der Waals surface area contributed by atoms with E-state index in [1.807, 2.05) is 35.2 Å². The van der Waals surface area contributed by atoms with Crippen molar-refractivity contribution in [2.75, 3.05) is 18.8 Å². The lowest BCUT2D eigenvalue weighted by Gasteiger charge is -2.15. The molecule has 0 radical (unpaired) electrons. The van der Waals surface area contributed by atoms with Crippen molar-refractivity contribution >= 4 is 39.7 Å². The molecule has 3 nitrogen and oxygen atoms in total. The fourth-order valence-electron chi connectivity index (χ4n) is 1.48. The summed E-state index contributed by atoms with van der Waals surface area (Å²) in [7, 11) is 0. The van der Waals surface area contributed by atoms with Crippen LogP contribution in [0.25, 0.3) is 0 Å². The zero-order valence-electron chi connectivity index (χ0n) is 8.68. The summed E-state index contributed by atoms with van der Waals surface area (Å²) >= 11 is 1.50. The van der Waals surface area contributed by atoms with Crippen molar-refractivity contribution in [3.8, 4) is 0 Å². The largest absolute Gasteiger partial charge is 0.343 e. The fraction of sp³-hybridized carbons (Fsp3) is 0.273. The van der Waals surface area contributed by atoms with Crippen molar-refractivity contribution in [1.29, 1.82) is 5.41 Å². The van der Waals surface area contributed by atoms with Crippen molar-refractivity contribution in [3.63, 3.8) is 0 Å². The third-order valence-corrected chi connectivity index (χ3v) is 3.24. The molecule has 1 saturated heterocycles. The Labute approximate surface area is 109 Å². The zero-order valence-corrected chi connectivity index (χ0v) is 11.2. The molecule has 1 aliphatic heterocycles. The summed E-state index contributed by atoms with van der Waals surface area (Å²) < 4.78 is 0. The minimum atomic E-state index is 0. The predicted molar refractivity (Wildman–Crippen MR) is 72.9 cm³/mol. The van der Waals surface area contributed by atoms with E-state index in [1.54, 1.807) is 0 Å². The van der Waals surface area contributed by atoms with Gasteiger partial charge in [0.25, 0.3) is 0 Å². The van der Waals surface area contributed by atoms with Gasteiger partial charge in [0, 0.05) is 17.9 Å². The molecule has 0 atom stereocenters. The van der Waals surface area contributed by atoms with Gasteiger partial charge in [-0.3, -0.25) is 10.2 Å². The molecule has 1 aliphatic rings. The molecule has 16 heavy (non-hydrogen) atoms. The molecule has 86 valence electrons. The highest BCUT2D eigenvalue weighted by Crippen LogP contribution is 2.16. The van der Waals surface area contributed by atoms with Crippen LogP contribution in [0.3, 0.4) is 0 Å². The number of carbonyl (C=O) groups excluding carboxylic acids is 1. The van der Waals surface area contributed by atoms with Crippen LogP contribution < -0.4 is 0 Å². The lowest BCUT2D eigenvalue weighted by atomic mass is 10.1. The molecular weight excluding hydrogens is 288 g/mol. The monoisotopic (exact) mass is 300 g/mol. The molecule has 0 aliphatic carbocycles. The molecule has 1 heterocycles. The number of hydrogen-bond donors (Lipinski definition) is 1. The predicted octanol–water partition coefficient (Wildman–Crippen LogP) is 2.43. The van der Waals surface area contributed by atoms with Crippen LogP contribution in [0.2, 0.25) is 0 Å². The Morgan fingerprint density at radius 3 is 2.62 bits per heavy atom. The molecular formula is C11H13BrN2OS. The molecule has 2 rings (SSSR count). The summed E-state index contributed by atoms with van der Waals surface area (Å²) in [5.41, 5.74) is 0.724. The van der Waals surface area contributed by atoms with Gasteiger partial charge in [-0.05, 0) is 0 Å². The maximum atomic E-state index is 11.8. The third kappa shape index (κ3) is 3.09. The summed E-state index contributed by atoms with van der Waals surface area (Å²) in [4.78, 5) is 13.6. The molecule has 5 heteroatoms. The summed E-state index contributed by atoms with van der Waals surface area (Å²) in [5, 5.41) is 8.11. The van der Waals surface area contributed by atoms with E-state index in [4.69, 9.17) is 5.41 Å². The Morgan fingerprint density at radius 1 is 1.38 bits per heavy atom. The lowest BCUT2D eigenvalue weighted by Crippen LogP contribution is -2.30. The number of benzene rings is 1. The Hall–Kier alpha value is -0.810. The van der Waals surface area contributed by atoms with Crippen LogP contribution in [-0.4, -0.2) is 34.7 Å². The standard InChI is InChI=1S/C11H12N2OS.BrH/c12-11-13(6-7-15-11)8-10(14)9-4-2-1-3-5-9;/h1-5,12H,6-8H2;1H. The Kier molecular flexibility index (Phi) is 5.02. The Morgan fingerprint density at radius 2 is 2.06 bits per heavy atom. The molecule has 0 aromatic heterocycles. The highest BCUT2D eigenvalue weighted by Gasteiger charge is 2.20. The van der Waals surface area contributed by atoms with Crippen molar-refractivity contribution in [2.24, 2.45) is 0 Å². The molecule has 1 aromatic rings. The normalized spacial score (nSPS) is 14.8. The molecule has 1 N–H and O–H groups in total. The number of halogens is 1.